The van der Waals surface area contributed by atoms with E-state index in [4.69, 9.17) is 0 Å². The van der Waals surface area contributed by atoms with Crippen LogP contribution in [-0.2, 0) is 11.2 Å². The van der Waals surface area contributed by atoms with E-state index in [1.54, 1.807) is 11.3 Å². The van der Waals surface area contributed by atoms with Gasteiger partial charge in [0.15, 0.2) is 5.13 Å². The van der Waals surface area contributed by atoms with Crippen molar-refractivity contribution in [3.05, 3.63) is 10.6 Å². The van der Waals surface area contributed by atoms with Crippen LogP contribution in [0.2, 0.25) is 0 Å². The van der Waals surface area contributed by atoms with Crippen LogP contribution in [0.4, 0.5) is 5.13 Å². The van der Waals surface area contributed by atoms with Crippen molar-refractivity contribution < 1.29 is 9.90 Å². The third kappa shape index (κ3) is 3.05. The Morgan fingerprint density at radius 3 is 3.05 bits per heavy atom. The third-order valence-corrected chi connectivity index (χ3v) is 5.65. The molecule has 0 aliphatic heterocycles. The van der Waals surface area contributed by atoms with Crippen molar-refractivity contribution in [1.82, 2.24) is 4.98 Å². The molecule has 106 valence electrons. The van der Waals surface area contributed by atoms with E-state index in [-0.39, 0.29) is 0 Å². The predicted octanol–water partition coefficient (Wildman–Crippen LogP) is 2.84. The SMILES string of the molecule is CSCC(C)N(C)c1nc2c(s1)CCCC2C(=O)O. The van der Waals surface area contributed by atoms with Crippen molar-refractivity contribution in [2.24, 2.45) is 0 Å². The molecule has 4 nitrogen and oxygen atoms in total. The standard InChI is InChI=1S/C13H20N2O2S2/c1-8(7-18-3)15(2)13-14-11-9(12(16)17)5-4-6-10(11)19-13/h8-9H,4-7H2,1-3H3,(H,16,17). The number of aryl methyl sites for hydroxylation is 1. The summed E-state index contributed by atoms with van der Waals surface area (Å²) in [5.41, 5.74) is 0.807. The van der Waals surface area contributed by atoms with E-state index in [0.29, 0.717) is 6.04 Å². The summed E-state index contributed by atoms with van der Waals surface area (Å²) in [5, 5.41) is 10.2. The topological polar surface area (TPSA) is 53.4 Å². The van der Waals surface area contributed by atoms with Crippen molar-refractivity contribution in [3.8, 4) is 0 Å². The molecule has 2 rings (SSSR count). The van der Waals surface area contributed by atoms with Crippen molar-refractivity contribution in [1.29, 1.82) is 0 Å². The zero-order valence-corrected chi connectivity index (χ0v) is 13.2. The molecule has 0 aromatic carbocycles. The van der Waals surface area contributed by atoms with Crippen molar-refractivity contribution in [2.45, 2.75) is 38.1 Å². The number of hydrogen-bond acceptors (Lipinski definition) is 5. The predicted molar refractivity (Wildman–Crippen MR) is 81.7 cm³/mol. The second kappa shape index (κ2) is 6.13. The highest BCUT2D eigenvalue weighted by molar-refractivity contribution is 7.98. The maximum Gasteiger partial charge on any atom is 0.312 e. The minimum absolute atomic E-state index is 0.405. The smallest absolute Gasteiger partial charge is 0.312 e. The molecule has 0 spiro atoms. The average Bonchev–Trinajstić information content (AvgIpc) is 2.81. The van der Waals surface area contributed by atoms with Crippen LogP contribution in [0.3, 0.4) is 0 Å². The number of aliphatic carboxylic acids is 1. The van der Waals surface area contributed by atoms with Crippen LogP contribution in [-0.4, -0.2) is 41.2 Å². The summed E-state index contributed by atoms with van der Waals surface area (Å²) in [5.74, 6) is -0.0982. The first-order chi connectivity index (χ1) is 9.04. The zero-order chi connectivity index (χ0) is 14.0. The molecule has 0 saturated carbocycles. The van der Waals surface area contributed by atoms with Gasteiger partial charge >= 0.3 is 5.97 Å². The maximum atomic E-state index is 11.3. The lowest BCUT2D eigenvalue weighted by Gasteiger charge is -2.23. The Balaban J connectivity index is 2.23. The monoisotopic (exact) mass is 300 g/mol. The van der Waals surface area contributed by atoms with Crippen LogP contribution in [0, 0.1) is 0 Å². The summed E-state index contributed by atoms with van der Waals surface area (Å²) in [7, 11) is 2.04. The third-order valence-electron chi connectivity index (χ3n) is 3.61. The molecule has 6 heteroatoms. The zero-order valence-electron chi connectivity index (χ0n) is 11.5. The van der Waals surface area contributed by atoms with E-state index in [9.17, 15) is 9.90 Å². The normalized spacial score (nSPS) is 19.8. The quantitative estimate of drug-likeness (QED) is 0.906. The Morgan fingerprint density at radius 2 is 2.42 bits per heavy atom. The molecule has 0 radical (unpaired) electrons. The Kier molecular flexibility index (Phi) is 4.73. The number of nitrogens with zero attached hydrogens (tertiary/aromatic N) is 2. The summed E-state index contributed by atoms with van der Waals surface area (Å²) >= 11 is 3.48. The van der Waals surface area contributed by atoms with Gasteiger partial charge in [-0.15, -0.1) is 11.3 Å². The van der Waals surface area contributed by atoms with Gasteiger partial charge in [0.25, 0.3) is 0 Å². The van der Waals surface area contributed by atoms with Crippen LogP contribution in [0.25, 0.3) is 0 Å². The lowest BCUT2D eigenvalue weighted by atomic mass is 9.91. The molecule has 0 bridgehead atoms. The van der Waals surface area contributed by atoms with Gasteiger partial charge in [-0.3, -0.25) is 4.79 Å². The molecule has 1 aromatic rings. The lowest BCUT2D eigenvalue weighted by Crippen LogP contribution is -2.30. The highest BCUT2D eigenvalue weighted by atomic mass is 32.2. The van der Waals surface area contributed by atoms with E-state index in [0.717, 1.165) is 40.7 Å². The summed E-state index contributed by atoms with van der Waals surface area (Å²) in [4.78, 5) is 19.2. The molecule has 1 N–H and O–H groups in total. The van der Waals surface area contributed by atoms with Gasteiger partial charge in [-0.25, -0.2) is 4.98 Å². The maximum absolute atomic E-state index is 11.3. The van der Waals surface area contributed by atoms with Gasteiger partial charge in [0.2, 0.25) is 0 Å². The first-order valence-electron chi connectivity index (χ1n) is 6.48. The molecule has 1 aliphatic carbocycles. The van der Waals surface area contributed by atoms with Gasteiger partial charge in [-0.1, -0.05) is 0 Å². The number of carboxylic acid groups (broad SMARTS) is 1. The van der Waals surface area contributed by atoms with Gasteiger partial charge in [0.1, 0.15) is 5.92 Å². The first-order valence-corrected chi connectivity index (χ1v) is 8.69. The van der Waals surface area contributed by atoms with Gasteiger partial charge < -0.3 is 10.0 Å². The summed E-state index contributed by atoms with van der Waals surface area (Å²) < 4.78 is 0. The van der Waals surface area contributed by atoms with E-state index in [2.05, 4.69) is 23.1 Å². The molecule has 2 unspecified atom stereocenters. The second-order valence-corrected chi connectivity index (χ2v) is 6.98. The number of rotatable bonds is 5. The fraction of sp³-hybridized carbons (Fsp3) is 0.692. The Morgan fingerprint density at radius 1 is 1.68 bits per heavy atom. The molecular weight excluding hydrogens is 280 g/mol. The lowest BCUT2D eigenvalue weighted by molar-refractivity contribution is -0.139. The first kappa shape index (κ1) is 14.7. The number of thiazole rings is 1. The minimum atomic E-state index is -0.738. The van der Waals surface area contributed by atoms with E-state index < -0.39 is 11.9 Å². The number of thioether (sulfide) groups is 1. The van der Waals surface area contributed by atoms with Gasteiger partial charge in [0, 0.05) is 23.7 Å². The fourth-order valence-electron chi connectivity index (χ4n) is 2.34. The van der Waals surface area contributed by atoms with Crippen LogP contribution in [0.1, 0.15) is 36.3 Å². The number of carbonyl (C=O) groups is 1. The van der Waals surface area contributed by atoms with E-state index in [1.165, 1.54) is 0 Å². The van der Waals surface area contributed by atoms with Crippen LogP contribution in [0.5, 0.6) is 0 Å². The number of aromatic nitrogens is 1. The molecule has 19 heavy (non-hydrogen) atoms. The van der Waals surface area contributed by atoms with Gasteiger partial charge in [-0.2, -0.15) is 11.8 Å². The molecule has 0 fully saturated rings. The summed E-state index contributed by atoms with van der Waals surface area (Å²) in [6.07, 6.45) is 4.74. The molecule has 1 aromatic heterocycles. The van der Waals surface area contributed by atoms with E-state index in [1.807, 2.05) is 18.8 Å². The Bertz CT molecular complexity index is 461. The molecule has 0 saturated heterocycles. The Labute approximate surface area is 122 Å². The number of anilines is 1. The average molecular weight is 300 g/mol. The van der Waals surface area contributed by atoms with Gasteiger partial charge in [-0.05, 0) is 32.4 Å². The van der Waals surface area contributed by atoms with Crippen LogP contribution < -0.4 is 4.90 Å². The van der Waals surface area contributed by atoms with Crippen LogP contribution >= 0.6 is 23.1 Å². The number of carboxylic acids is 1. The molecule has 1 heterocycles. The second-order valence-electron chi connectivity index (χ2n) is 5.00. The molecule has 2 atom stereocenters. The fourth-order valence-corrected chi connectivity index (χ4v) is 4.27. The molecular formula is C13H20N2O2S2. The van der Waals surface area contributed by atoms with Crippen molar-refractivity contribution in [2.75, 3.05) is 24.0 Å². The number of fused-ring (bicyclic) bond motifs is 1. The van der Waals surface area contributed by atoms with E-state index >= 15 is 0 Å². The van der Waals surface area contributed by atoms with Crippen molar-refractivity contribution in [3.63, 3.8) is 0 Å². The highest BCUT2D eigenvalue weighted by Gasteiger charge is 2.30. The number of hydrogen-bond donors (Lipinski definition) is 1. The summed E-state index contributed by atoms with van der Waals surface area (Å²) in [6.45, 7) is 2.17. The molecule has 0 amide bonds. The minimum Gasteiger partial charge on any atom is -0.481 e. The molecule has 1 aliphatic rings. The van der Waals surface area contributed by atoms with Crippen molar-refractivity contribution >= 4 is 34.2 Å². The van der Waals surface area contributed by atoms with Gasteiger partial charge in [0.05, 0.1) is 5.69 Å². The van der Waals surface area contributed by atoms with Crippen LogP contribution in [0.15, 0.2) is 0 Å². The Hall–Kier alpha value is -0.750. The largest absolute Gasteiger partial charge is 0.481 e. The summed E-state index contributed by atoms with van der Waals surface area (Å²) in [6, 6.07) is 0.408. The highest BCUT2D eigenvalue weighted by Crippen LogP contribution is 2.38.